The molecule has 0 aliphatic heterocycles. The molecule has 0 aliphatic carbocycles. The Balaban J connectivity index is 3.19. The van der Waals surface area contributed by atoms with Gasteiger partial charge in [-0.1, -0.05) is 0 Å². The number of hydrogen-bond donors (Lipinski definition) is 0. The second kappa shape index (κ2) is 9.81. The van der Waals surface area contributed by atoms with E-state index in [1.165, 1.54) is 38.6 Å². The van der Waals surface area contributed by atoms with Crippen LogP contribution in [0.3, 0.4) is 0 Å². The van der Waals surface area contributed by atoms with Crippen molar-refractivity contribution in [3.8, 4) is 0 Å². The average molecular weight is 403 g/mol. The summed E-state index contributed by atoms with van der Waals surface area (Å²) in [7, 11) is 0. The second-order valence-corrected chi connectivity index (χ2v) is 19.3. The van der Waals surface area contributed by atoms with Gasteiger partial charge in [0, 0.05) is 0 Å². The van der Waals surface area contributed by atoms with E-state index in [1.807, 2.05) is 6.07 Å². The van der Waals surface area contributed by atoms with Gasteiger partial charge in [-0.2, -0.15) is 0 Å². The molecule has 0 amide bonds. The van der Waals surface area contributed by atoms with E-state index >= 15 is 0 Å². The Morgan fingerprint density at radius 1 is 0.810 bits per heavy atom. The molecule has 21 heavy (non-hydrogen) atoms. The van der Waals surface area contributed by atoms with Crippen molar-refractivity contribution in [1.82, 2.24) is 0 Å². The SMILES string of the molecule is CCC[CH2][Sn]([CH2]CCC)([CH2]CCC)[c]1cccc(F)c1F. The summed E-state index contributed by atoms with van der Waals surface area (Å²) in [6.07, 6.45) is 6.94. The summed E-state index contributed by atoms with van der Waals surface area (Å²) in [5.41, 5.74) is 0. The summed E-state index contributed by atoms with van der Waals surface area (Å²) in [6.45, 7) is 6.58. The van der Waals surface area contributed by atoms with Crippen molar-refractivity contribution in [1.29, 1.82) is 0 Å². The molecule has 0 fully saturated rings. The van der Waals surface area contributed by atoms with Gasteiger partial charge in [-0.15, -0.1) is 0 Å². The molecule has 1 aromatic carbocycles. The average Bonchev–Trinajstić information content (AvgIpc) is 2.50. The van der Waals surface area contributed by atoms with E-state index in [0.717, 1.165) is 22.8 Å². The third kappa shape index (κ3) is 5.22. The molecule has 0 saturated carbocycles. The maximum atomic E-state index is 14.5. The molecule has 1 rings (SSSR count). The molecule has 0 heterocycles. The van der Waals surface area contributed by atoms with Gasteiger partial charge in [0.15, 0.2) is 0 Å². The van der Waals surface area contributed by atoms with Crippen LogP contribution in [0.25, 0.3) is 0 Å². The monoisotopic (exact) mass is 404 g/mol. The Bertz CT molecular complexity index is 396. The number of hydrogen-bond acceptors (Lipinski definition) is 0. The summed E-state index contributed by atoms with van der Waals surface area (Å²) < 4.78 is 32.5. The van der Waals surface area contributed by atoms with Crippen molar-refractivity contribution in [2.45, 2.75) is 72.6 Å². The van der Waals surface area contributed by atoms with Crippen LogP contribution >= 0.6 is 0 Å². The van der Waals surface area contributed by atoms with Crippen LogP contribution in [0.5, 0.6) is 0 Å². The molecule has 0 radical (unpaired) electrons. The molecule has 0 aromatic heterocycles. The van der Waals surface area contributed by atoms with E-state index in [9.17, 15) is 8.78 Å². The van der Waals surface area contributed by atoms with Crippen molar-refractivity contribution in [3.63, 3.8) is 0 Å². The molecule has 0 unspecified atom stereocenters. The fourth-order valence-electron chi connectivity index (χ4n) is 3.24. The fraction of sp³-hybridized carbons (Fsp3) is 0.667. The standard InChI is InChI=1S/C6H3F2.3C4H9.Sn/c7-5-3-1-2-4-6(5)8;3*1-3-4-2;/h1-3H;3*1,3-4H2,2H3;. The normalized spacial score (nSPS) is 11.9. The van der Waals surface area contributed by atoms with Gasteiger partial charge < -0.3 is 0 Å². The summed E-state index contributed by atoms with van der Waals surface area (Å²) in [6, 6.07) is 4.87. The topological polar surface area (TPSA) is 0 Å². The quantitative estimate of drug-likeness (QED) is 0.419. The van der Waals surface area contributed by atoms with E-state index in [4.69, 9.17) is 0 Å². The van der Waals surface area contributed by atoms with Gasteiger partial charge in [0.05, 0.1) is 0 Å². The van der Waals surface area contributed by atoms with Gasteiger partial charge in [-0.05, 0) is 0 Å². The first kappa shape index (κ1) is 18.9. The first-order valence-corrected chi connectivity index (χ1v) is 16.0. The minimum atomic E-state index is -2.82. The van der Waals surface area contributed by atoms with Crippen molar-refractivity contribution in [3.05, 3.63) is 29.8 Å². The van der Waals surface area contributed by atoms with Crippen LogP contribution in [0.2, 0.25) is 13.3 Å². The van der Waals surface area contributed by atoms with Crippen LogP contribution in [0.1, 0.15) is 59.3 Å². The van der Waals surface area contributed by atoms with E-state index in [2.05, 4.69) is 20.8 Å². The van der Waals surface area contributed by atoms with E-state index in [0.29, 0.717) is 0 Å². The van der Waals surface area contributed by atoms with Crippen LogP contribution < -0.4 is 3.58 Å². The molecule has 0 N–H and O–H groups in total. The zero-order valence-corrected chi connectivity index (χ0v) is 16.7. The molecule has 0 nitrogen and oxygen atoms in total. The number of rotatable bonds is 10. The first-order valence-electron chi connectivity index (χ1n) is 8.55. The van der Waals surface area contributed by atoms with Crippen LogP contribution in [0, 0.1) is 11.6 Å². The van der Waals surface area contributed by atoms with Gasteiger partial charge >= 0.3 is 133 Å². The van der Waals surface area contributed by atoms with Crippen molar-refractivity contribution < 1.29 is 8.78 Å². The molecule has 0 spiro atoms. The van der Waals surface area contributed by atoms with E-state index in [-0.39, 0.29) is 0 Å². The predicted molar refractivity (Wildman–Crippen MR) is 90.9 cm³/mol. The van der Waals surface area contributed by atoms with Crippen LogP contribution in [0.15, 0.2) is 18.2 Å². The zero-order valence-electron chi connectivity index (χ0n) is 13.9. The summed E-state index contributed by atoms with van der Waals surface area (Å²) in [4.78, 5) is 0. The van der Waals surface area contributed by atoms with Gasteiger partial charge in [-0.3, -0.25) is 0 Å². The Morgan fingerprint density at radius 3 is 1.71 bits per heavy atom. The number of halogens is 2. The molecule has 3 heteroatoms. The Labute approximate surface area is 133 Å². The van der Waals surface area contributed by atoms with E-state index < -0.39 is 30.0 Å². The molecule has 0 aliphatic rings. The van der Waals surface area contributed by atoms with Gasteiger partial charge in [0.25, 0.3) is 0 Å². The van der Waals surface area contributed by atoms with Crippen LogP contribution in [0.4, 0.5) is 8.78 Å². The Kier molecular flexibility index (Phi) is 8.84. The van der Waals surface area contributed by atoms with Crippen LogP contribution in [-0.4, -0.2) is 18.4 Å². The first-order chi connectivity index (χ1) is 10.1. The molecule has 0 bridgehead atoms. The summed E-state index contributed by atoms with van der Waals surface area (Å²) >= 11 is -2.82. The molecular weight excluding hydrogens is 373 g/mol. The third-order valence-electron chi connectivity index (χ3n) is 4.55. The number of unbranched alkanes of at least 4 members (excludes halogenated alkanes) is 3. The molecule has 0 saturated heterocycles. The van der Waals surface area contributed by atoms with Gasteiger partial charge in [0.1, 0.15) is 0 Å². The Hall–Kier alpha value is -0.121. The molecule has 120 valence electrons. The predicted octanol–water partition coefficient (Wildman–Crippen LogP) is 6.02. The Morgan fingerprint density at radius 2 is 1.29 bits per heavy atom. The van der Waals surface area contributed by atoms with Crippen LogP contribution in [-0.2, 0) is 0 Å². The third-order valence-corrected chi connectivity index (χ3v) is 20.1. The van der Waals surface area contributed by atoms with Crippen molar-refractivity contribution >= 4 is 22.0 Å². The number of benzene rings is 1. The van der Waals surface area contributed by atoms with E-state index in [1.54, 1.807) is 6.07 Å². The van der Waals surface area contributed by atoms with Gasteiger partial charge in [-0.25, -0.2) is 0 Å². The molecular formula is C18H30F2Sn. The zero-order chi connectivity index (χ0) is 15.7. The summed E-state index contributed by atoms with van der Waals surface area (Å²) in [5.74, 6) is -1.19. The molecule has 0 atom stereocenters. The van der Waals surface area contributed by atoms with Gasteiger partial charge in [0.2, 0.25) is 0 Å². The van der Waals surface area contributed by atoms with Crippen molar-refractivity contribution in [2.75, 3.05) is 0 Å². The fourth-order valence-corrected chi connectivity index (χ4v) is 19.5. The second-order valence-electron chi connectivity index (χ2n) is 6.19. The van der Waals surface area contributed by atoms with Crippen molar-refractivity contribution in [2.24, 2.45) is 0 Å². The minimum absolute atomic E-state index is 0.531. The summed E-state index contributed by atoms with van der Waals surface area (Å²) in [5, 5.41) is 0. The molecule has 1 aromatic rings. The maximum absolute atomic E-state index is 14.5.